The highest BCUT2D eigenvalue weighted by Gasteiger charge is 2.25. The van der Waals surface area contributed by atoms with Crippen LogP contribution < -0.4 is 5.32 Å². The SMILES string of the molecule is O=C(Nc1cccc(Br)c1)c1cc(C2CC2)ncn1. The lowest BCUT2D eigenvalue weighted by atomic mass is 10.2. The third kappa shape index (κ3) is 2.98. The van der Waals surface area contributed by atoms with Crippen molar-refractivity contribution in [3.05, 3.63) is 52.5 Å². The van der Waals surface area contributed by atoms with Gasteiger partial charge < -0.3 is 5.32 Å². The number of benzene rings is 1. The molecule has 1 aromatic heterocycles. The van der Waals surface area contributed by atoms with Gasteiger partial charge in [0.25, 0.3) is 5.91 Å². The number of aromatic nitrogens is 2. The van der Waals surface area contributed by atoms with Gasteiger partial charge in [-0.05, 0) is 37.1 Å². The summed E-state index contributed by atoms with van der Waals surface area (Å²) in [6.07, 6.45) is 3.77. The van der Waals surface area contributed by atoms with Crippen molar-refractivity contribution in [3.63, 3.8) is 0 Å². The predicted octanol–water partition coefficient (Wildman–Crippen LogP) is 3.37. The summed E-state index contributed by atoms with van der Waals surface area (Å²) in [5, 5.41) is 2.83. The van der Waals surface area contributed by atoms with E-state index in [2.05, 4.69) is 31.2 Å². The fourth-order valence-corrected chi connectivity index (χ4v) is 2.26. The predicted molar refractivity (Wildman–Crippen MR) is 76.1 cm³/mol. The fourth-order valence-electron chi connectivity index (χ4n) is 1.86. The Hall–Kier alpha value is -1.75. The van der Waals surface area contributed by atoms with Crippen LogP contribution in [-0.4, -0.2) is 15.9 Å². The summed E-state index contributed by atoms with van der Waals surface area (Å²) < 4.78 is 0.923. The van der Waals surface area contributed by atoms with E-state index < -0.39 is 0 Å². The molecule has 0 atom stereocenters. The molecule has 2 aromatic rings. The molecule has 0 bridgehead atoms. The lowest BCUT2D eigenvalue weighted by Gasteiger charge is -2.05. The summed E-state index contributed by atoms with van der Waals surface area (Å²) in [4.78, 5) is 20.3. The van der Waals surface area contributed by atoms with Crippen LogP contribution in [-0.2, 0) is 0 Å². The molecule has 19 heavy (non-hydrogen) atoms. The highest BCUT2D eigenvalue weighted by Crippen LogP contribution is 2.38. The number of carbonyl (C=O) groups excluding carboxylic acids is 1. The van der Waals surface area contributed by atoms with Crippen molar-refractivity contribution in [2.24, 2.45) is 0 Å². The normalized spacial score (nSPS) is 14.2. The first-order valence-corrected chi connectivity index (χ1v) is 6.90. The molecule has 3 rings (SSSR count). The Labute approximate surface area is 119 Å². The van der Waals surface area contributed by atoms with Crippen molar-refractivity contribution < 1.29 is 4.79 Å². The van der Waals surface area contributed by atoms with E-state index in [0.29, 0.717) is 11.6 Å². The van der Waals surface area contributed by atoms with Gasteiger partial charge in [-0.25, -0.2) is 9.97 Å². The van der Waals surface area contributed by atoms with Gasteiger partial charge in [0.15, 0.2) is 0 Å². The van der Waals surface area contributed by atoms with E-state index in [1.807, 2.05) is 24.3 Å². The lowest BCUT2D eigenvalue weighted by Crippen LogP contribution is -2.14. The number of amides is 1. The van der Waals surface area contributed by atoms with E-state index >= 15 is 0 Å². The first-order valence-electron chi connectivity index (χ1n) is 6.11. The number of anilines is 1. The summed E-state index contributed by atoms with van der Waals surface area (Å²) >= 11 is 3.37. The number of nitrogens with zero attached hydrogens (tertiary/aromatic N) is 2. The molecular weight excluding hydrogens is 306 g/mol. The van der Waals surface area contributed by atoms with Crippen LogP contribution in [0.15, 0.2) is 41.1 Å². The zero-order chi connectivity index (χ0) is 13.2. The second-order valence-electron chi connectivity index (χ2n) is 4.57. The van der Waals surface area contributed by atoms with Crippen molar-refractivity contribution in [3.8, 4) is 0 Å². The van der Waals surface area contributed by atoms with E-state index in [1.165, 1.54) is 6.33 Å². The molecule has 1 saturated carbocycles. The van der Waals surface area contributed by atoms with Gasteiger partial charge in [0, 0.05) is 21.8 Å². The smallest absolute Gasteiger partial charge is 0.274 e. The van der Waals surface area contributed by atoms with Crippen LogP contribution in [0.2, 0.25) is 0 Å². The second kappa shape index (κ2) is 5.09. The molecule has 1 aliphatic rings. The zero-order valence-corrected chi connectivity index (χ0v) is 11.7. The van der Waals surface area contributed by atoms with E-state index in [4.69, 9.17) is 0 Å². The molecule has 1 aliphatic carbocycles. The van der Waals surface area contributed by atoms with Crippen LogP contribution in [0.5, 0.6) is 0 Å². The molecule has 0 unspecified atom stereocenters. The maximum atomic E-state index is 12.1. The van der Waals surface area contributed by atoms with Crippen LogP contribution >= 0.6 is 15.9 Å². The van der Waals surface area contributed by atoms with Crippen LogP contribution in [0.1, 0.15) is 34.9 Å². The van der Waals surface area contributed by atoms with E-state index in [-0.39, 0.29) is 5.91 Å². The van der Waals surface area contributed by atoms with Gasteiger partial charge in [-0.1, -0.05) is 22.0 Å². The van der Waals surface area contributed by atoms with Gasteiger partial charge in [-0.15, -0.1) is 0 Å². The number of halogens is 1. The van der Waals surface area contributed by atoms with Gasteiger partial charge in [-0.2, -0.15) is 0 Å². The quantitative estimate of drug-likeness (QED) is 0.944. The molecular formula is C14H12BrN3O. The minimum Gasteiger partial charge on any atom is -0.321 e. The molecule has 0 spiro atoms. The Kier molecular flexibility index (Phi) is 3.29. The Morgan fingerprint density at radius 1 is 1.26 bits per heavy atom. The molecule has 1 aromatic carbocycles. The number of hydrogen-bond acceptors (Lipinski definition) is 3. The minimum atomic E-state index is -0.206. The summed E-state index contributed by atoms with van der Waals surface area (Å²) in [5.41, 5.74) is 2.12. The summed E-state index contributed by atoms with van der Waals surface area (Å²) in [5.74, 6) is 0.308. The van der Waals surface area contributed by atoms with Crippen molar-refractivity contribution in [1.82, 2.24) is 9.97 Å². The van der Waals surface area contributed by atoms with E-state index in [0.717, 1.165) is 28.7 Å². The fraction of sp³-hybridized carbons (Fsp3) is 0.214. The monoisotopic (exact) mass is 317 g/mol. The first kappa shape index (κ1) is 12.3. The molecule has 0 saturated heterocycles. The van der Waals surface area contributed by atoms with Crippen molar-refractivity contribution in [1.29, 1.82) is 0 Å². The Balaban J connectivity index is 1.78. The third-order valence-corrected chi connectivity index (χ3v) is 3.49. The van der Waals surface area contributed by atoms with Crippen LogP contribution in [0, 0.1) is 0 Å². The van der Waals surface area contributed by atoms with Crippen molar-refractivity contribution >= 4 is 27.5 Å². The van der Waals surface area contributed by atoms with Gasteiger partial charge in [-0.3, -0.25) is 4.79 Å². The van der Waals surface area contributed by atoms with Crippen LogP contribution in [0.25, 0.3) is 0 Å². The highest BCUT2D eigenvalue weighted by molar-refractivity contribution is 9.10. The molecule has 1 heterocycles. The number of carbonyl (C=O) groups is 1. The van der Waals surface area contributed by atoms with Gasteiger partial charge in [0.1, 0.15) is 12.0 Å². The molecule has 1 fully saturated rings. The Morgan fingerprint density at radius 3 is 2.84 bits per heavy atom. The summed E-state index contributed by atoms with van der Waals surface area (Å²) in [6, 6.07) is 9.25. The maximum absolute atomic E-state index is 12.1. The average Bonchev–Trinajstić information content (AvgIpc) is 3.23. The zero-order valence-electron chi connectivity index (χ0n) is 10.1. The largest absolute Gasteiger partial charge is 0.321 e. The Morgan fingerprint density at radius 2 is 2.11 bits per heavy atom. The highest BCUT2D eigenvalue weighted by atomic mass is 79.9. The molecule has 96 valence electrons. The standard InChI is InChI=1S/C14H12BrN3O/c15-10-2-1-3-11(6-10)18-14(19)13-7-12(9-4-5-9)16-8-17-13/h1-3,6-9H,4-5H2,(H,18,19). The first-order chi connectivity index (χ1) is 9.22. The minimum absolute atomic E-state index is 0.206. The molecule has 1 amide bonds. The summed E-state index contributed by atoms with van der Waals surface area (Å²) in [6.45, 7) is 0. The van der Waals surface area contributed by atoms with Gasteiger partial charge in [0.2, 0.25) is 0 Å². The third-order valence-electron chi connectivity index (χ3n) is 3.00. The van der Waals surface area contributed by atoms with Crippen molar-refractivity contribution in [2.45, 2.75) is 18.8 Å². The maximum Gasteiger partial charge on any atom is 0.274 e. The Bertz CT molecular complexity index is 626. The number of nitrogens with one attached hydrogen (secondary N) is 1. The van der Waals surface area contributed by atoms with Crippen LogP contribution in [0.3, 0.4) is 0 Å². The molecule has 0 radical (unpaired) electrons. The van der Waals surface area contributed by atoms with Gasteiger partial charge in [0.05, 0.1) is 0 Å². The number of rotatable bonds is 3. The molecule has 1 N–H and O–H groups in total. The van der Waals surface area contributed by atoms with Crippen LogP contribution in [0.4, 0.5) is 5.69 Å². The topological polar surface area (TPSA) is 54.9 Å². The van der Waals surface area contributed by atoms with Crippen molar-refractivity contribution in [2.75, 3.05) is 5.32 Å². The second-order valence-corrected chi connectivity index (χ2v) is 5.48. The summed E-state index contributed by atoms with van der Waals surface area (Å²) in [7, 11) is 0. The molecule has 0 aliphatic heterocycles. The number of hydrogen-bond donors (Lipinski definition) is 1. The molecule has 5 heteroatoms. The van der Waals surface area contributed by atoms with Gasteiger partial charge >= 0.3 is 0 Å². The molecule has 4 nitrogen and oxygen atoms in total. The van der Waals surface area contributed by atoms with E-state index in [9.17, 15) is 4.79 Å². The van der Waals surface area contributed by atoms with E-state index in [1.54, 1.807) is 6.07 Å². The lowest BCUT2D eigenvalue weighted by molar-refractivity contribution is 0.102. The average molecular weight is 318 g/mol.